The van der Waals surface area contributed by atoms with E-state index in [9.17, 15) is 9.59 Å². The number of ether oxygens (including phenoxy) is 2. The standard InChI is InChI=1S/C20H22N2O4.ClH/c1-25-19(23)12-21-10-11-22-20(24)26-13-18-16-8-4-2-6-14(16)15-7-3-5-9-17(15)18;/h2-9,18,21H,10-13H2,1H3,(H,22,24);1H. The molecule has 0 fully saturated rings. The Bertz CT molecular complexity index is 752. The summed E-state index contributed by atoms with van der Waals surface area (Å²) in [6, 6.07) is 16.4. The van der Waals surface area contributed by atoms with Gasteiger partial charge in [0.05, 0.1) is 13.7 Å². The number of nitrogens with one attached hydrogen (secondary N) is 2. The van der Waals surface area contributed by atoms with Gasteiger partial charge in [0, 0.05) is 19.0 Å². The highest BCUT2D eigenvalue weighted by Gasteiger charge is 2.28. The molecule has 0 radical (unpaired) electrons. The van der Waals surface area contributed by atoms with Crippen LogP contribution < -0.4 is 10.6 Å². The number of fused-ring (bicyclic) bond motifs is 3. The molecule has 2 aromatic carbocycles. The van der Waals surface area contributed by atoms with Crippen LogP contribution in [0.4, 0.5) is 4.79 Å². The van der Waals surface area contributed by atoms with Crippen molar-refractivity contribution in [3.63, 3.8) is 0 Å². The van der Waals surface area contributed by atoms with Crippen molar-refractivity contribution in [3.8, 4) is 11.1 Å². The van der Waals surface area contributed by atoms with Crippen LogP contribution in [0.15, 0.2) is 48.5 Å². The van der Waals surface area contributed by atoms with Gasteiger partial charge in [-0.3, -0.25) is 4.79 Å². The van der Waals surface area contributed by atoms with Crippen molar-refractivity contribution in [1.82, 2.24) is 10.6 Å². The topological polar surface area (TPSA) is 76.7 Å². The molecule has 7 heteroatoms. The van der Waals surface area contributed by atoms with Gasteiger partial charge >= 0.3 is 12.1 Å². The lowest BCUT2D eigenvalue weighted by molar-refractivity contribution is -0.139. The first-order valence-electron chi connectivity index (χ1n) is 8.57. The molecule has 3 rings (SSSR count). The fourth-order valence-electron chi connectivity index (χ4n) is 3.17. The Hall–Kier alpha value is -2.57. The predicted molar refractivity (Wildman–Crippen MR) is 105 cm³/mol. The van der Waals surface area contributed by atoms with Gasteiger partial charge in [-0.05, 0) is 22.3 Å². The third-order valence-corrected chi connectivity index (χ3v) is 4.41. The zero-order valence-corrected chi connectivity index (χ0v) is 15.9. The molecule has 2 aromatic rings. The van der Waals surface area contributed by atoms with E-state index in [0.717, 1.165) is 0 Å². The van der Waals surface area contributed by atoms with Gasteiger partial charge in [0.2, 0.25) is 0 Å². The molecular weight excluding hydrogens is 368 g/mol. The summed E-state index contributed by atoms with van der Waals surface area (Å²) in [5.74, 6) is -0.295. The van der Waals surface area contributed by atoms with E-state index in [2.05, 4.69) is 39.6 Å². The van der Waals surface area contributed by atoms with E-state index in [1.54, 1.807) is 0 Å². The maximum absolute atomic E-state index is 11.9. The minimum absolute atomic E-state index is 0. The highest BCUT2D eigenvalue weighted by atomic mass is 35.5. The molecule has 0 spiro atoms. The second-order valence-corrected chi connectivity index (χ2v) is 6.01. The van der Waals surface area contributed by atoms with Gasteiger partial charge in [-0.2, -0.15) is 0 Å². The average molecular weight is 391 g/mol. The molecule has 0 unspecified atom stereocenters. The zero-order chi connectivity index (χ0) is 18.4. The predicted octanol–water partition coefficient (Wildman–Crippen LogP) is 2.71. The second-order valence-electron chi connectivity index (χ2n) is 6.01. The molecule has 1 aliphatic carbocycles. The summed E-state index contributed by atoms with van der Waals surface area (Å²) in [5.41, 5.74) is 4.76. The number of esters is 1. The molecule has 144 valence electrons. The Balaban J connectivity index is 0.00000261. The minimum Gasteiger partial charge on any atom is -0.468 e. The lowest BCUT2D eigenvalue weighted by Gasteiger charge is -2.14. The lowest BCUT2D eigenvalue weighted by Crippen LogP contribution is -2.35. The van der Waals surface area contributed by atoms with Crippen LogP contribution in [0.2, 0.25) is 0 Å². The maximum Gasteiger partial charge on any atom is 0.407 e. The largest absolute Gasteiger partial charge is 0.468 e. The van der Waals surface area contributed by atoms with Gasteiger partial charge in [0.1, 0.15) is 6.61 Å². The summed E-state index contributed by atoms with van der Waals surface area (Å²) < 4.78 is 9.94. The number of benzene rings is 2. The highest BCUT2D eigenvalue weighted by Crippen LogP contribution is 2.44. The van der Waals surface area contributed by atoms with Gasteiger partial charge in [0.15, 0.2) is 0 Å². The molecule has 27 heavy (non-hydrogen) atoms. The molecule has 6 nitrogen and oxygen atoms in total. The van der Waals surface area contributed by atoms with Crippen molar-refractivity contribution in [1.29, 1.82) is 0 Å². The third kappa shape index (κ3) is 4.99. The number of hydrogen-bond acceptors (Lipinski definition) is 5. The first kappa shape index (κ1) is 20.7. The molecule has 0 saturated carbocycles. The lowest BCUT2D eigenvalue weighted by atomic mass is 9.98. The molecule has 1 aliphatic rings. The number of amides is 1. The SMILES string of the molecule is COC(=O)CNCCNC(=O)OCC1c2ccccc2-c2ccccc21.Cl. The van der Waals surface area contributed by atoms with Crippen LogP contribution in [-0.4, -0.2) is 45.4 Å². The van der Waals surface area contributed by atoms with E-state index in [1.165, 1.54) is 29.4 Å². The molecule has 0 aromatic heterocycles. The van der Waals surface area contributed by atoms with E-state index < -0.39 is 6.09 Å². The zero-order valence-electron chi connectivity index (χ0n) is 15.1. The maximum atomic E-state index is 11.9. The van der Waals surface area contributed by atoms with Gasteiger partial charge in [0.25, 0.3) is 0 Å². The van der Waals surface area contributed by atoms with E-state index in [-0.39, 0.29) is 37.4 Å². The van der Waals surface area contributed by atoms with E-state index in [0.29, 0.717) is 13.1 Å². The van der Waals surface area contributed by atoms with Crippen molar-refractivity contribution in [2.75, 3.05) is 33.4 Å². The average Bonchev–Trinajstić information content (AvgIpc) is 3.00. The van der Waals surface area contributed by atoms with E-state index >= 15 is 0 Å². The van der Waals surface area contributed by atoms with Crippen molar-refractivity contribution in [3.05, 3.63) is 59.7 Å². The quantitative estimate of drug-likeness (QED) is 0.561. The first-order valence-corrected chi connectivity index (χ1v) is 8.57. The van der Waals surface area contributed by atoms with Gasteiger partial charge in [-0.1, -0.05) is 48.5 Å². The number of hydrogen-bond donors (Lipinski definition) is 2. The van der Waals surface area contributed by atoms with Crippen LogP contribution in [-0.2, 0) is 14.3 Å². The number of alkyl carbamates (subject to hydrolysis) is 1. The van der Waals surface area contributed by atoms with Gasteiger partial charge < -0.3 is 20.1 Å². The molecule has 2 N–H and O–H groups in total. The van der Waals surface area contributed by atoms with E-state index in [1.807, 2.05) is 24.3 Å². The number of carbonyl (C=O) groups excluding carboxylic acids is 2. The van der Waals surface area contributed by atoms with Crippen LogP contribution >= 0.6 is 12.4 Å². The minimum atomic E-state index is -0.466. The van der Waals surface area contributed by atoms with Gasteiger partial charge in [-0.25, -0.2) is 4.79 Å². The third-order valence-electron chi connectivity index (χ3n) is 4.41. The summed E-state index contributed by atoms with van der Waals surface area (Å²) in [6.07, 6.45) is -0.466. The summed E-state index contributed by atoms with van der Waals surface area (Å²) >= 11 is 0. The fraction of sp³-hybridized carbons (Fsp3) is 0.300. The molecule has 1 amide bonds. The molecule has 0 aliphatic heterocycles. The monoisotopic (exact) mass is 390 g/mol. The van der Waals surface area contributed by atoms with E-state index in [4.69, 9.17) is 4.74 Å². The Morgan fingerprint density at radius 3 is 2.15 bits per heavy atom. The van der Waals surface area contributed by atoms with Crippen molar-refractivity contribution >= 4 is 24.5 Å². The number of methoxy groups -OCH3 is 1. The van der Waals surface area contributed by atoms with Crippen molar-refractivity contribution in [2.45, 2.75) is 5.92 Å². The fourth-order valence-corrected chi connectivity index (χ4v) is 3.17. The summed E-state index contributed by atoms with van der Waals surface area (Å²) in [4.78, 5) is 22.9. The normalized spacial score (nSPS) is 11.7. The van der Waals surface area contributed by atoms with Crippen LogP contribution in [0.3, 0.4) is 0 Å². The van der Waals surface area contributed by atoms with Crippen LogP contribution in [0, 0.1) is 0 Å². The van der Waals surface area contributed by atoms with Crippen LogP contribution in [0.25, 0.3) is 11.1 Å². The summed E-state index contributed by atoms with van der Waals surface area (Å²) in [6.45, 7) is 1.23. The molecule has 0 saturated heterocycles. The molecule has 0 bridgehead atoms. The summed E-state index contributed by atoms with van der Waals surface area (Å²) in [7, 11) is 1.33. The van der Waals surface area contributed by atoms with Gasteiger partial charge in [-0.15, -0.1) is 12.4 Å². The molecule has 0 heterocycles. The Labute approximate surface area is 164 Å². The highest BCUT2D eigenvalue weighted by molar-refractivity contribution is 5.85. The first-order chi connectivity index (χ1) is 12.7. The Morgan fingerprint density at radius 2 is 1.56 bits per heavy atom. The van der Waals surface area contributed by atoms with Crippen LogP contribution in [0.1, 0.15) is 17.0 Å². The second kappa shape index (κ2) is 9.94. The van der Waals surface area contributed by atoms with Crippen LogP contribution in [0.5, 0.6) is 0 Å². The summed E-state index contributed by atoms with van der Waals surface area (Å²) in [5, 5.41) is 5.54. The number of halogens is 1. The Morgan fingerprint density at radius 1 is 0.963 bits per heavy atom. The number of carbonyl (C=O) groups is 2. The molecule has 0 atom stereocenters. The van der Waals surface area contributed by atoms with Crippen molar-refractivity contribution < 1.29 is 19.1 Å². The number of rotatable bonds is 7. The Kier molecular flexibility index (Phi) is 7.64. The molecular formula is C20H23ClN2O4. The smallest absolute Gasteiger partial charge is 0.407 e. The van der Waals surface area contributed by atoms with Crippen molar-refractivity contribution in [2.24, 2.45) is 0 Å².